The number of hydrogen-bond donors (Lipinski definition) is 1. The molecule has 0 spiro atoms. The van der Waals surface area contributed by atoms with E-state index in [1.165, 1.54) is 12.1 Å². The van der Waals surface area contributed by atoms with Crippen LogP contribution < -0.4 is 10.1 Å². The number of nitrogens with zero attached hydrogens (tertiary/aromatic N) is 1. The molecule has 1 N–H and O–H groups in total. The van der Waals surface area contributed by atoms with Crippen molar-refractivity contribution in [2.75, 3.05) is 7.05 Å². The van der Waals surface area contributed by atoms with Gasteiger partial charge in [0.1, 0.15) is 18.2 Å². The third-order valence-corrected chi connectivity index (χ3v) is 5.62. The number of ketones is 1. The van der Waals surface area contributed by atoms with E-state index in [1.54, 1.807) is 12.1 Å². The van der Waals surface area contributed by atoms with Crippen molar-refractivity contribution in [2.45, 2.75) is 31.9 Å². The second-order valence-corrected chi connectivity index (χ2v) is 7.45. The molecule has 4 nitrogen and oxygen atoms in total. The summed E-state index contributed by atoms with van der Waals surface area (Å²) < 4.78 is 18.8. The van der Waals surface area contributed by atoms with Crippen molar-refractivity contribution in [1.29, 1.82) is 0 Å². The number of carbonyl (C=O) groups is 1. The molecule has 0 saturated carbocycles. The number of thiocarbonyl (C=S) groups is 1. The van der Waals surface area contributed by atoms with Gasteiger partial charge >= 0.3 is 0 Å². The molecule has 144 valence electrons. The standard InChI is InChI=1S/C22H21FN2O2S/c1-25-18-3-2-4-19(26)20(18)21(24-22(25)28)15-7-11-17(12-8-15)27-13-14-5-9-16(23)10-6-14/h5-12,21H,2-4,13H2,1H3,(H,24,28). The van der Waals surface area contributed by atoms with E-state index in [2.05, 4.69) is 5.32 Å². The molecule has 0 bridgehead atoms. The maximum Gasteiger partial charge on any atom is 0.173 e. The molecule has 1 aliphatic carbocycles. The molecular weight excluding hydrogens is 375 g/mol. The van der Waals surface area contributed by atoms with Crippen LogP contribution in [0, 0.1) is 5.82 Å². The molecule has 0 amide bonds. The smallest absolute Gasteiger partial charge is 0.173 e. The summed E-state index contributed by atoms with van der Waals surface area (Å²) in [5.74, 6) is 0.639. The van der Waals surface area contributed by atoms with Gasteiger partial charge in [-0.1, -0.05) is 24.3 Å². The van der Waals surface area contributed by atoms with E-state index in [0.29, 0.717) is 23.9 Å². The van der Waals surface area contributed by atoms with E-state index in [0.717, 1.165) is 35.2 Å². The third kappa shape index (κ3) is 3.64. The summed E-state index contributed by atoms with van der Waals surface area (Å²) >= 11 is 5.46. The number of Topliss-reactive ketones (excluding diaryl/α,β-unsaturated/α-hetero) is 1. The average molecular weight is 396 g/mol. The Bertz CT molecular complexity index is 938. The lowest BCUT2D eigenvalue weighted by Gasteiger charge is -2.39. The highest BCUT2D eigenvalue weighted by Crippen LogP contribution is 2.37. The lowest BCUT2D eigenvalue weighted by Crippen LogP contribution is -2.47. The van der Waals surface area contributed by atoms with E-state index in [1.807, 2.05) is 36.2 Å². The summed E-state index contributed by atoms with van der Waals surface area (Å²) in [5.41, 5.74) is 3.73. The molecule has 6 heteroatoms. The molecule has 4 rings (SSSR count). The number of benzene rings is 2. The number of carbonyl (C=O) groups excluding carboxylic acids is 1. The maximum atomic E-state index is 13.0. The lowest BCUT2D eigenvalue weighted by atomic mass is 9.85. The number of rotatable bonds is 4. The van der Waals surface area contributed by atoms with Crippen molar-refractivity contribution in [2.24, 2.45) is 0 Å². The minimum absolute atomic E-state index is 0.185. The van der Waals surface area contributed by atoms with Gasteiger partial charge in [0, 0.05) is 24.7 Å². The molecule has 1 heterocycles. The van der Waals surface area contributed by atoms with Crippen LogP contribution in [0.4, 0.5) is 4.39 Å². The van der Waals surface area contributed by atoms with E-state index in [4.69, 9.17) is 17.0 Å². The van der Waals surface area contributed by atoms with Crippen LogP contribution in [-0.2, 0) is 11.4 Å². The highest BCUT2D eigenvalue weighted by molar-refractivity contribution is 7.80. The SMILES string of the molecule is CN1C(=S)NC(c2ccc(OCc3ccc(F)cc3)cc2)C2=C1CCCC2=O. The minimum atomic E-state index is -0.262. The average Bonchev–Trinajstić information content (AvgIpc) is 2.71. The van der Waals surface area contributed by atoms with Gasteiger partial charge in [0.05, 0.1) is 6.04 Å². The summed E-state index contributed by atoms with van der Waals surface area (Å²) in [6.45, 7) is 0.365. The highest BCUT2D eigenvalue weighted by Gasteiger charge is 2.35. The summed E-state index contributed by atoms with van der Waals surface area (Å²) in [7, 11) is 1.91. The fourth-order valence-electron chi connectivity index (χ4n) is 3.69. The summed E-state index contributed by atoms with van der Waals surface area (Å²) in [6, 6.07) is 13.7. The van der Waals surface area contributed by atoms with Crippen molar-refractivity contribution in [3.8, 4) is 5.75 Å². The monoisotopic (exact) mass is 396 g/mol. The van der Waals surface area contributed by atoms with Crippen LogP contribution in [0.1, 0.15) is 36.4 Å². The topological polar surface area (TPSA) is 41.6 Å². The minimum Gasteiger partial charge on any atom is -0.489 e. The van der Waals surface area contributed by atoms with Crippen LogP contribution in [-0.4, -0.2) is 22.8 Å². The summed E-state index contributed by atoms with van der Waals surface area (Å²) in [4.78, 5) is 14.5. The van der Waals surface area contributed by atoms with E-state index < -0.39 is 0 Å². The number of halogens is 1. The molecule has 0 radical (unpaired) electrons. The van der Waals surface area contributed by atoms with E-state index in [9.17, 15) is 9.18 Å². The van der Waals surface area contributed by atoms with Crippen LogP contribution in [0.2, 0.25) is 0 Å². The molecule has 0 saturated heterocycles. The van der Waals surface area contributed by atoms with Crippen molar-refractivity contribution in [1.82, 2.24) is 10.2 Å². The van der Waals surface area contributed by atoms with Crippen LogP contribution in [0.5, 0.6) is 5.75 Å². The fraction of sp³-hybridized carbons (Fsp3) is 0.273. The van der Waals surface area contributed by atoms with Crippen molar-refractivity contribution >= 4 is 23.1 Å². The predicted octanol–water partition coefficient (Wildman–Crippen LogP) is 4.27. The van der Waals surface area contributed by atoms with E-state index in [-0.39, 0.29) is 17.6 Å². The summed E-state index contributed by atoms with van der Waals surface area (Å²) in [5, 5.41) is 3.93. The second-order valence-electron chi connectivity index (χ2n) is 7.06. The fourth-order valence-corrected chi connectivity index (χ4v) is 3.92. The largest absolute Gasteiger partial charge is 0.489 e. The Kier molecular flexibility index (Phi) is 5.13. The lowest BCUT2D eigenvalue weighted by molar-refractivity contribution is -0.116. The Morgan fingerprint density at radius 2 is 1.86 bits per heavy atom. The third-order valence-electron chi connectivity index (χ3n) is 5.23. The second kappa shape index (κ2) is 7.72. The first kappa shape index (κ1) is 18.6. The van der Waals surface area contributed by atoms with Gasteiger partial charge in [-0.2, -0.15) is 0 Å². The molecule has 1 aliphatic heterocycles. The number of allylic oxidation sites excluding steroid dienone is 1. The quantitative estimate of drug-likeness (QED) is 0.782. The van der Waals surface area contributed by atoms with Crippen LogP contribution in [0.3, 0.4) is 0 Å². The number of nitrogens with one attached hydrogen (secondary N) is 1. The predicted molar refractivity (Wildman–Crippen MR) is 109 cm³/mol. The first-order valence-corrected chi connectivity index (χ1v) is 9.71. The Morgan fingerprint density at radius 1 is 1.14 bits per heavy atom. The highest BCUT2D eigenvalue weighted by atomic mass is 32.1. The van der Waals surface area contributed by atoms with Gasteiger partial charge in [-0.3, -0.25) is 4.79 Å². The van der Waals surface area contributed by atoms with Crippen LogP contribution in [0.15, 0.2) is 59.8 Å². The molecule has 2 aromatic carbocycles. The Labute approximate surface area is 169 Å². The van der Waals surface area contributed by atoms with Gasteiger partial charge < -0.3 is 15.0 Å². The molecular formula is C22H21FN2O2S. The van der Waals surface area contributed by atoms with Gasteiger partial charge in [0.25, 0.3) is 0 Å². The maximum absolute atomic E-state index is 13.0. The molecule has 0 aromatic heterocycles. The number of ether oxygens (including phenoxy) is 1. The Hall–Kier alpha value is -2.73. The molecule has 28 heavy (non-hydrogen) atoms. The van der Waals surface area contributed by atoms with Gasteiger partial charge in [-0.15, -0.1) is 0 Å². The van der Waals surface area contributed by atoms with Crippen LogP contribution in [0.25, 0.3) is 0 Å². The first-order valence-electron chi connectivity index (χ1n) is 9.30. The van der Waals surface area contributed by atoms with Gasteiger partial charge in [-0.05, 0) is 60.5 Å². The molecule has 2 aliphatic rings. The van der Waals surface area contributed by atoms with E-state index >= 15 is 0 Å². The van der Waals surface area contributed by atoms with Gasteiger partial charge in [0.15, 0.2) is 10.9 Å². The molecule has 0 fully saturated rings. The zero-order valence-corrected chi connectivity index (χ0v) is 16.4. The van der Waals surface area contributed by atoms with Gasteiger partial charge in [-0.25, -0.2) is 4.39 Å². The van der Waals surface area contributed by atoms with Crippen molar-refractivity contribution in [3.63, 3.8) is 0 Å². The Morgan fingerprint density at radius 3 is 2.57 bits per heavy atom. The molecule has 1 atom stereocenters. The zero-order valence-electron chi connectivity index (χ0n) is 15.6. The van der Waals surface area contributed by atoms with Crippen LogP contribution >= 0.6 is 12.2 Å². The zero-order chi connectivity index (χ0) is 19.7. The normalized spacial score (nSPS) is 19.4. The first-order chi connectivity index (χ1) is 13.5. The summed E-state index contributed by atoms with van der Waals surface area (Å²) in [6.07, 6.45) is 2.32. The van der Waals surface area contributed by atoms with Crippen molar-refractivity contribution in [3.05, 3.63) is 76.7 Å². The van der Waals surface area contributed by atoms with Gasteiger partial charge in [0.2, 0.25) is 0 Å². The van der Waals surface area contributed by atoms with Crippen molar-refractivity contribution < 1.29 is 13.9 Å². The molecule has 1 unspecified atom stereocenters. The molecule has 2 aromatic rings. The number of hydrogen-bond acceptors (Lipinski definition) is 3. The Balaban J connectivity index is 1.53.